The van der Waals surface area contributed by atoms with E-state index in [4.69, 9.17) is 9.47 Å². The fourth-order valence-electron chi connectivity index (χ4n) is 3.76. The molecule has 5 nitrogen and oxygen atoms in total. The van der Waals surface area contributed by atoms with E-state index in [1.165, 1.54) is 11.1 Å². The summed E-state index contributed by atoms with van der Waals surface area (Å²) in [7, 11) is 0. The maximum atomic E-state index is 12.4. The molecule has 1 amide bonds. The molecule has 4 aromatic carbocycles. The molecular weight excluding hydrogens is 448 g/mol. The average molecular weight is 481 g/mol. The zero-order chi connectivity index (χ0) is 24.8. The molecule has 0 atom stereocenters. The fourth-order valence-corrected chi connectivity index (χ4v) is 3.76. The van der Waals surface area contributed by atoms with Gasteiger partial charge in [-0.3, -0.25) is 4.79 Å². The Kier molecular flexibility index (Phi) is 9.39. The molecule has 36 heavy (non-hydrogen) atoms. The number of hydrogen-bond acceptors (Lipinski definition) is 4. The molecule has 0 saturated carbocycles. The average Bonchev–Trinajstić information content (AvgIpc) is 2.92. The van der Waals surface area contributed by atoms with Gasteiger partial charge in [0, 0.05) is 23.9 Å². The summed E-state index contributed by atoms with van der Waals surface area (Å²) >= 11 is 0. The smallest absolute Gasteiger partial charge is 0.243 e. The molecule has 0 fully saturated rings. The highest BCUT2D eigenvalue weighted by Crippen LogP contribution is 2.19. The molecule has 184 valence electrons. The monoisotopic (exact) mass is 480 g/mol. The van der Waals surface area contributed by atoms with Gasteiger partial charge in [0.15, 0.2) is 0 Å². The summed E-state index contributed by atoms with van der Waals surface area (Å²) in [6, 6.07) is 35.8. The van der Waals surface area contributed by atoms with E-state index in [1.807, 2.05) is 72.8 Å². The molecule has 0 aromatic heterocycles. The van der Waals surface area contributed by atoms with Gasteiger partial charge in [0.1, 0.15) is 11.5 Å². The van der Waals surface area contributed by atoms with Gasteiger partial charge in [0.05, 0.1) is 19.8 Å². The highest BCUT2D eigenvalue weighted by atomic mass is 16.5. The molecule has 4 rings (SSSR count). The van der Waals surface area contributed by atoms with Gasteiger partial charge in [-0.2, -0.15) is 0 Å². The minimum absolute atomic E-state index is 0.126. The standard InChI is InChI=1S/C31H32N2O3/c34-31(24-32-27-16-18-29(19-17-27)36-22-20-26-11-5-2-6-12-26)33-28-14-7-15-30(23-28)35-21-8-13-25-9-3-1-4-10-25/h1-7,9-12,14-19,23,32H,8,13,20-22,24H2,(H,33,34). The van der Waals surface area contributed by atoms with Crippen LogP contribution in [0.4, 0.5) is 11.4 Å². The summed E-state index contributed by atoms with van der Waals surface area (Å²) in [5, 5.41) is 6.06. The van der Waals surface area contributed by atoms with Gasteiger partial charge in [-0.25, -0.2) is 0 Å². The summed E-state index contributed by atoms with van der Waals surface area (Å²) in [4.78, 5) is 12.4. The van der Waals surface area contributed by atoms with Crippen LogP contribution in [0.2, 0.25) is 0 Å². The lowest BCUT2D eigenvalue weighted by Gasteiger charge is -2.11. The van der Waals surface area contributed by atoms with Crippen molar-refractivity contribution in [2.24, 2.45) is 0 Å². The zero-order valence-corrected chi connectivity index (χ0v) is 20.4. The number of ether oxygens (including phenoxy) is 2. The molecular formula is C31H32N2O3. The lowest BCUT2D eigenvalue weighted by atomic mass is 10.1. The van der Waals surface area contributed by atoms with Crippen LogP contribution in [-0.4, -0.2) is 25.7 Å². The third kappa shape index (κ3) is 8.51. The maximum Gasteiger partial charge on any atom is 0.243 e. The maximum absolute atomic E-state index is 12.4. The number of carbonyl (C=O) groups excluding carboxylic acids is 1. The second kappa shape index (κ2) is 13.6. The van der Waals surface area contributed by atoms with Crippen molar-refractivity contribution in [3.05, 3.63) is 120 Å². The number of anilines is 2. The molecule has 0 saturated heterocycles. The number of hydrogen-bond donors (Lipinski definition) is 2. The van der Waals surface area contributed by atoms with E-state index < -0.39 is 0 Å². The van der Waals surface area contributed by atoms with Crippen LogP contribution < -0.4 is 20.1 Å². The van der Waals surface area contributed by atoms with Crippen molar-refractivity contribution in [2.45, 2.75) is 19.3 Å². The minimum atomic E-state index is -0.126. The van der Waals surface area contributed by atoms with Crippen LogP contribution in [0.1, 0.15) is 17.5 Å². The highest BCUT2D eigenvalue weighted by Gasteiger charge is 2.05. The Hall–Kier alpha value is -4.25. The Morgan fingerprint density at radius 2 is 1.28 bits per heavy atom. The molecule has 0 aliphatic rings. The van der Waals surface area contributed by atoms with Gasteiger partial charge in [-0.1, -0.05) is 66.7 Å². The number of carbonyl (C=O) groups is 1. The number of amides is 1. The van der Waals surface area contributed by atoms with Gasteiger partial charge >= 0.3 is 0 Å². The van der Waals surface area contributed by atoms with E-state index in [2.05, 4.69) is 47.0 Å². The van der Waals surface area contributed by atoms with Crippen molar-refractivity contribution < 1.29 is 14.3 Å². The zero-order valence-electron chi connectivity index (χ0n) is 20.4. The topological polar surface area (TPSA) is 59.6 Å². The fraction of sp³-hybridized carbons (Fsp3) is 0.194. The Morgan fingerprint density at radius 1 is 0.611 bits per heavy atom. The lowest BCUT2D eigenvalue weighted by molar-refractivity contribution is -0.114. The Balaban J connectivity index is 1.15. The predicted octanol–water partition coefficient (Wildman–Crippen LogP) is 6.37. The van der Waals surface area contributed by atoms with Gasteiger partial charge in [-0.05, 0) is 60.4 Å². The molecule has 0 aliphatic heterocycles. The molecule has 0 radical (unpaired) electrons. The van der Waals surface area contributed by atoms with Gasteiger partial charge < -0.3 is 20.1 Å². The molecule has 0 unspecified atom stereocenters. The van der Waals surface area contributed by atoms with E-state index in [1.54, 1.807) is 0 Å². The van der Waals surface area contributed by atoms with Crippen LogP contribution in [0, 0.1) is 0 Å². The molecule has 5 heteroatoms. The summed E-state index contributed by atoms with van der Waals surface area (Å²) in [5.74, 6) is 1.43. The first-order valence-electron chi connectivity index (χ1n) is 12.3. The lowest BCUT2D eigenvalue weighted by Crippen LogP contribution is -2.21. The van der Waals surface area contributed by atoms with Crippen molar-refractivity contribution in [1.82, 2.24) is 0 Å². The SMILES string of the molecule is O=C(CNc1ccc(OCCc2ccccc2)cc1)Nc1cccc(OCCCc2ccccc2)c1. The van der Waals surface area contributed by atoms with Crippen LogP contribution in [0.5, 0.6) is 11.5 Å². The summed E-state index contributed by atoms with van der Waals surface area (Å²) < 4.78 is 11.7. The van der Waals surface area contributed by atoms with Crippen molar-refractivity contribution >= 4 is 17.3 Å². The normalized spacial score (nSPS) is 10.4. The molecule has 0 bridgehead atoms. The van der Waals surface area contributed by atoms with Crippen LogP contribution in [0.3, 0.4) is 0 Å². The highest BCUT2D eigenvalue weighted by molar-refractivity contribution is 5.93. The van der Waals surface area contributed by atoms with E-state index in [0.29, 0.717) is 18.9 Å². The van der Waals surface area contributed by atoms with Crippen molar-refractivity contribution in [2.75, 3.05) is 30.4 Å². The van der Waals surface area contributed by atoms with Crippen LogP contribution >= 0.6 is 0 Å². The molecule has 2 N–H and O–H groups in total. The first-order chi connectivity index (χ1) is 17.7. The van der Waals surface area contributed by atoms with Crippen LogP contribution in [0.25, 0.3) is 0 Å². The quantitative estimate of drug-likeness (QED) is 0.218. The number of benzene rings is 4. The van der Waals surface area contributed by atoms with Crippen molar-refractivity contribution in [3.8, 4) is 11.5 Å². The van der Waals surface area contributed by atoms with Gasteiger partial charge in [-0.15, -0.1) is 0 Å². The first-order valence-corrected chi connectivity index (χ1v) is 12.3. The van der Waals surface area contributed by atoms with E-state index in [9.17, 15) is 4.79 Å². The number of aryl methyl sites for hydroxylation is 1. The molecule has 4 aromatic rings. The second-order valence-electron chi connectivity index (χ2n) is 8.48. The predicted molar refractivity (Wildman–Crippen MR) is 146 cm³/mol. The van der Waals surface area contributed by atoms with E-state index in [-0.39, 0.29) is 12.5 Å². The van der Waals surface area contributed by atoms with Gasteiger partial charge in [0.25, 0.3) is 0 Å². The summed E-state index contributed by atoms with van der Waals surface area (Å²) in [5.41, 5.74) is 4.13. The Bertz CT molecular complexity index is 1200. The van der Waals surface area contributed by atoms with Crippen LogP contribution in [0.15, 0.2) is 109 Å². The largest absolute Gasteiger partial charge is 0.494 e. The molecule has 0 aliphatic carbocycles. The Labute approximate surface area is 213 Å². The first kappa shape index (κ1) is 24.9. The second-order valence-corrected chi connectivity index (χ2v) is 8.48. The summed E-state index contributed by atoms with van der Waals surface area (Å²) in [6.45, 7) is 1.41. The van der Waals surface area contributed by atoms with Crippen molar-refractivity contribution in [1.29, 1.82) is 0 Å². The van der Waals surface area contributed by atoms with E-state index in [0.717, 1.165) is 36.4 Å². The Morgan fingerprint density at radius 3 is 2.00 bits per heavy atom. The molecule has 0 heterocycles. The van der Waals surface area contributed by atoms with E-state index >= 15 is 0 Å². The van der Waals surface area contributed by atoms with Crippen LogP contribution in [-0.2, 0) is 17.6 Å². The third-order valence-electron chi connectivity index (χ3n) is 5.65. The number of rotatable bonds is 13. The van der Waals surface area contributed by atoms with Crippen molar-refractivity contribution in [3.63, 3.8) is 0 Å². The molecule has 0 spiro atoms. The summed E-state index contributed by atoms with van der Waals surface area (Å²) in [6.07, 6.45) is 2.77. The number of nitrogens with one attached hydrogen (secondary N) is 2. The van der Waals surface area contributed by atoms with Gasteiger partial charge in [0.2, 0.25) is 5.91 Å². The third-order valence-corrected chi connectivity index (χ3v) is 5.65. The minimum Gasteiger partial charge on any atom is -0.494 e.